The summed E-state index contributed by atoms with van der Waals surface area (Å²) in [4.78, 5) is 23.5. The van der Waals surface area contributed by atoms with Gasteiger partial charge in [-0.1, -0.05) is 0 Å². The van der Waals surface area contributed by atoms with Crippen molar-refractivity contribution >= 4 is 11.9 Å². The first-order valence-corrected chi connectivity index (χ1v) is 5.24. The third-order valence-electron chi connectivity index (χ3n) is 2.84. The Morgan fingerprint density at radius 1 is 1.40 bits per heavy atom. The van der Waals surface area contributed by atoms with Crippen LogP contribution in [0, 0.1) is 0 Å². The van der Waals surface area contributed by atoms with E-state index in [1.807, 2.05) is 4.90 Å². The zero-order valence-corrected chi connectivity index (χ0v) is 9.19. The van der Waals surface area contributed by atoms with Crippen LogP contribution in [-0.4, -0.2) is 47.1 Å². The molecule has 1 saturated heterocycles. The van der Waals surface area contributed by atoms with Gasteiger partial charge in [-0.3, -0.25) is 14.5 Å². The van der Waals surface area contributed by atoms with E-state index in [1.165, 1.54) is 6.92 Å². The molecule has 5 heteroatoms. The number of likely N-dealkylation sites (tertiary alicyclic amines) is 1. The predicted molar refractivity (Wildman–Crippen MR) is 55.5 cm³/mol. The summed E-state index contributed by atoms with van der Waals surface area (Å²) >= 11 is 0. The van der Waals surface area contributed by atoms with E-state index in [9.17, 15) is 9.59 Å². The molecule has 1 fully saturated rings. The van der Waals surface area contributed by atoms with Crippen LogP contribution in [0.1, 0.15) is 26.7 Å². The topological polar surface area (TPSA) is 69.6 Å². The van der Waals surface area contributed by atoms with Gasteiger partial charge in [-0.05, 0) is 19.8 Å². The van der Waals surface area contributed by atoms with E-state index < -0.39 is 12.0 Å². The highest BCUT2D eigenvalue weighted by Crippen LogP contribution is 2.13. The molecule has 1 atom stereocenters. The molecular weight excluding hydrogens is 196 g/mol. The van der Waals surface area contributed by atoms with Gasteiger partial charge in [0.2, 0.25) is 5.91 Å². The maximum atomic E-state index is 10.8. The number of aliphatic carboxylic acids is 1. The van der Waals surface area contributed by atoms with Crippen LogP contribution in [0.5, 0.6) is 0 Å². The van der Waals surface area contributed by atoms with Gasteiger partial charge in [-0.2, -0.15) is 0 Å². The Balaban J connectivity index is 2.35. The third-order valence-corrected chi connectivity index (χ3v) is 2.84. The fourth-order valence-electron chi connectivity index (χ4n) is 1.87. The summed E-state index contributed by atoms with van der Waals surface area (Å²) in [5.41, 5.74) is 0. The van der Waals surface area contributed by atoms with Crippen molar-refractivity contribution in [1.82, 2.24) is 10.2 Å². The van der Waals surface area contributed by atoms with Crippen LogP contribution in [-0.2, 0) is 9.59 Å². The number of hydrogen-bond donors (Lipinski definition) is 2. The molecule has 1 unspecified atom stereocenters. The number of carboxylic acids is 1. The molecule has 0 aromatic rings. The summed E-state index contributed by atoms with van der Waals surface area (Å²) in [5, 5.41) is 11.7. The second-order valence-corrected chi connectivity index (χ2v) is 4.02. The third kappa shape index (κ3) is 3.51. The molecule has 5 nitrogen and oxygen atoms in total. The molecular formula is C10H18N2O3. The van der Waals surface area contributed by atoms with Gasteiger partial charge in [0.25, 0.3) is 0 Å². The molecule has 1 amide bonds. The molecule has 1 heterocycles. The van der Waals surface area contributed by atoms with Crippen molar-refractivity contribution in [3.63, 3.8) is 0 Å². The van der Waals surface area contributed by atoms with Crippen molar-refractivity contribution in [2.45, 2.75) is 38.8 Å². The number of rotatable bonds is 3. The van der Waals surface area contributed by atoms with Gasteiger partial charge in [-0.25, -0.2) is 0 Å². The number of hydrogen-bond acceptors (Lipinski definition) is 3. The maximum absolute atomic E-state index is 10.8. The van der Waals surface area contributed by atoms with Crippen LogP contribution < -0.4 is 5.32 Å². The van der Waals surface area contributed by atoms with Crippen LogP contribution >= 0.6 is 0 Å². The minimum atomic E-state index is -0.784. The fraction of sp³-hybridized carbons (Fsp3) is 0.800. The first-order valence-electron chi connectivity index (χ1n) is 5.24. The van der Waals surface area contributed by atoms with Crippen molar-refractivity contribution < 1.29 is 14.7 Å². The average molecular weight is 214 g/mol. The van der Waals surface area contributed by atoms with E-state index >= 15 is 0 Å². The molecule has 0 radical (unpaired) electrons. The monoisotopic (exact) mass is 214 g/mol. The van der Waals surface area contributed by atoms with Crippen molar-refractivity contribution in [3.05, 3.63) is 0 Å². The van der Waals surface area contributed by atoms with E-state index in [0.717, 1.165) is 25.9 Å². The first-order chi connectivity index (χ1) is 7.00. The first kappa shape index (κ1) is 12.0. The van der Waals surface area contributed by atoms with Gasteiger partial charge in [0, 0.05) is 26.1 Å². The number of nitrogens with zero attached hydrogens (tertiary/aromatic N) is 1. The highest BCUT2D eigenvalue weighted by molar-refractivity contribution is 5.73. The molecule has 1 aliphatic heterocycles. The Hall–Kier alpha value is -1.10. The molecule has 86 valence electrons. The van der Waals surface area contributed by atoms with Crippen LogP contribution in [0.25, 0.3) is 0 Å². The van der Waals surface area contributed by atoms with E-state index in [2.05, 4.69) is 5.32 Å². The normalized spacial score (nSPS) is 20.9. The van der Waals surface area contributed by atoms with Crippen molar-refractivity contribution in [2.75, 3.05) is 13.1 Å². The number of carboxylic acid groups (broad SMARTS) is 1. The zero-order chi connectivity index (χ0) is 11.4. The van der Waals surface area contributed by atoms with Crippen LogP contribution in [0.3, 0.4) is 0 Å². The maximum Gasteiger partial charge on any atom is 0.320 e. The number of piperidine rings is 1. The Morgan fingerprint density at radius 2 is 1.93 bits per heavy atom. The SMILES string of the molecule is CC(=O)NC1CCN(C(C)C(=O)O)CC1. The molecule has 1 aliphatic rings. The minimum absolute atomic E-state index is 0.0141. The highest BCUT2D eigenvalue weighted by atomic mass is 16.4. The predicted octanol–water partition coefficient (Wildman–Crippen LogP) is 0.0600. The summed E-state index contributed by atoms with van der Waals surface area (Å²) in [6.45, 7) is 4.67. The summed E-state index contributed by atoms with van der Waals surface area (Å²) in [6.07, 6.45) is 1.66. The average Bonchev–Trinajstić information content (AvgIpc) is 2.17. The number of carbonyl (C=O) groups excluding carboxylic acids is 1. The molecule has 0 aromatic heterocycles. The van der Waals surface area contributed by atoms with Crippen LogP contribution in [0.2, 0.25) is 0 Å². The summed E-state index contributed by atoms with van der Waals surface area (Å²) in [6, 6.07) is -0.219. The van der Waals surface area contributed by atoms with Gasteiger partial charge in [-0.15, -0.1) is 0 Å². The lowest BCUT2D eigenvalue weighted by molar-refractivity contribution is -0.143. The fourth-order valence-corrected chi connectivity index (χ4v) is 1.87. The van der Waals surface area contributed by atoms with Gasteiger partial charge in [0.15, 0.2) is 0 Å². The van der Waals surface area contributed by atoms with E-state index in [4.69, 9.17) is 5.11 Å². The summed E-state index contributed by atoms with van der Waals surface area (Å²) < 4.78 is 0. The molecule has 0 saturated carbocycles. The number of nitrogens with one attached hydrogen (secondary N) is 1. The van der Waals surface area contributed by atoms with Gasteiger partial charge >= 0.3 is 5.97 Å². The molecule has 0 aliphatic carbocycles. The Labute approximate surface area is 89.4 Å². The van der Waals surface area contributed by atoms with Crippen molar-refractivity contribution in [3.8, 4) is 0 Å². The van der Waals surface area contributed by atoms with Gasteiger partial charge < -0.3 is 10.4 Å². The highest BCUT2D eigenvalue weighted by Gasteiger charge is 2.26. The lowest BCUT2D eigenvalue weighted by atomic mass is 10.0. The molecule has 0 spiro atoms. The summed E-state index contributed by atoms with van der Waals surface area (Å²) in [7, 11) is 0. The second kappa shape index (κ2) is 5.11. The standard InChI is InChI=1S/C10H18N2O3/c1-7(10(14)15)12-5-3-9(4-6-12)11-8(2)13/h7,9H,3-6H2,1-2H3,(H,11,13)(H,14,15). The Morgan fingerprint density at radius 3 is 2.33 bits per heavy atom. The van der Waals surface area contributed by atoms with Gasteiger partial charge in [0.05, 0.1) is 0 Å². The van der Waals surface area contributed by atoms with Crippen LogP contribution in [0.15, 0.2) is 0 Å². The second-order valence-electron chi connectivity index (χ2n) is 4.02. The van der Waals surface area contributed by atoms with Gasteiger partial charge in [0.1, 0.15) is 6.04 Å². The molecule has 0 bridgehead atoms. The Bertz CT molecular complexity index is 247. The largest absolute Gasteiger partial charge is 0.480 e. The molecule has 2 N–H and O–H groups in total. The Kier molecular flexibility index (Phi) is 4.08. The number of carbonyl (C=O) groups is 2. The number of amides is 1. The zero-order valence-electron chi connectivity index (χ0n) is 9.19. The summed E-state index contributed by atoms with van der Waals surface area (Å²) in [5.74, 6) is -0.798. The van der Waals surface area contributed by atoms with E-state index in [0.29, 0.717) is 0 Å². The molecule has 1 rings (SSSR count). The van der Waals surface area contributed by atoms with Crippen molar-refractivity contribution in [2.24, 2.45) is 0 Å². The minimum Gasteiger partial charge on any atom is -0.480 e. The molecule has 15 heavy (non-hydrogen) atoms. The lowest BCUT2D eigenvalue weighted by Crippen LogP contribution is -2.48. The smallest absolute Gasteiger partial charge is 0.320 e. The van der Waals surface area contributed by atoms with Crippen LogP contribution in [0.4, 0.5) is 0 Å². The molecule has 0 aromatic carbocycles. The van der Waals surface area contributed by atoms with E-state index in [1.54, 1.807) is 6.92 Å². The van der Waals surface area contributed by atoms with E-state index in [-0.39, 0.29) is 11.9 Å². The lowest BCUT2D eigenvalue weighted by Gasteiger charge is -2.34. The quantitative estimate of drug-likeness (QED) is 0.697. The van der Waals surface area contributed by atoms with Crippen molar-refractivity contribution in [1.29, 1.82) is 0 Å².